The van der Waals surface area contributed by atoms with E-state index in [0.29, 0.717) is 17.9 Å². The molecule has 1 aliphatic rings. The number of aliphatic hydroxyl groups is 1. The van der Waals surface area contributed by atoms with E-state index in [0.717, 1.165) is 18.4 Å². The van der Waals surface area contributed by atoms with E-state index >= 15 is 0 Å². The van der Waals surface area contributed by atoms with Gasteiger partial charge in [-0.3, -0.25) is 4.79 Å². The van der Waals surface area contributed by atoms with Crippen molar-refractivity contribution >= 4 is 17.3 Å². The Bertz CT molecular complexity index is 938. The second-order valence-electron chi connectivity index (χ2n) is 7.14. The fourth-order valence-electron chi connectivity index (χ4n) is 3.39. The van der Waals surface area contributed by atoms with E-state index in [1.54, 1.807) is 11.0 Å². The maximum Gasteiger partial charge on any atom is 0.257 e. The van der Waals surface area contributed by atoms with Crippen molar-refractivity contribution in [1.82, 2.24) is 0 Å². The van der Waals surface area contributed by atoms with Crippen molar-refractivity contribution in [1.29, 1.82) is 5.26 Å². The molecule has 0 unspecified atom stereocenters. The van der Waals surface area contributed by atoms with Crippen LogP contribution < -0.4 is 10.2 Å². The van der Waals surface area contributed by atoms with Crippen LogP contribution in [0.2, 0.25) is 0 Å². The standard InChI is InChI=1S/C21H21F2N3O2/c1-21(28,13-26-8-2-3-14-4-6-17(23)10-19(14)26)20(27)25-18-7-5-15(12-24)16(9-18)11-22/h4-7,9-10,28H,2-3,8,11,13H2,1H3,(H,25,27)/t21-/m0/s1. The number of alkyl halides is 1. The molecule has 146 valence electrons. The number of benzene rings is 2. The van der Waals surface area contributed by atoms with Crippen LogP contribution in [0.5, 0.6) is 0 Å². The number of nitriles is 1. The number of carbonyl (C=O) groups excluding carboxylic acids is 1. The van der Waals surface area contributed by atoms with Crippen LogP contribution in [-0.4, -0.2) is 29.7 Å². The molecule has 7 heteroatoms. The van der Waals surface area contributed by atoms with E-state index in [1.807, 2.05) is 6.07 Å². The van der Waals surface area contributed by atoms with E-state index in [2.05, 4.69) is 5.32 Å². The van der Waals surface area contributed by atoms with Gasteiger partial charge < -0.3 is 15.3 Å². The average Bonchev–Trinajstić information content (AvgIpc) is 2.68. The van der Waals surface area contributed by atoms with Gasteiger partial charge in [-0.2, -0.15) is 5.26 Å². The number of β-amino-alcohol motifs (C(OH)–C–C–N with tert-alkyl or cyclic N) is 1. The zero-order valence-corrected chi connectivity index (χ0v) is 15.5. The first-order valence-electron chi connectivity index (χ1n) is 9.00. The van der Waals surface area contributed by atoms with Crippen LogP contribution in [0, 0.1) is 17.1 Å². The minimum atomic E-state index is -1.76. The van der Waals surface area contributed by atoms with E-state index in [9.17, 15) is 18.7 Å². The van der Waals surface area contributed by atoms with Crippen LogP contribution in [0.3, 0.4) is 0 Å². The quantitative estimate of drug-likeness (QED) is 0.828. The summed E-state index contributed by atoms with van der Waals surface area (Å²) < 4.78 is 26.7. The summed E-state index contributed by atoms with van der Waals surface area (Å²) in [5.41, 5.74) is 0.549. The molecule has 1 atom stereocenters. The molecule has 0 aromatic heterocycles. The molecular weight excluding hydrogens is 364 g/mol. The van der Waals surface area contributed by atoms with Gasteiger partial charge in [0, 0.05) is 23.5 Å². The van der Waals surface area contributed by atoms with Crippen LogP contribution in [-0.2, 0) is 17.9 Å². The van der Waals surface area contributed by atoms with Gasteiger partial charge in [-0.25, -0.2) is 8.78 Å². The van der Waals surface area contributed by atoms with Crippen molar-refractivity contribution in [2.45, 2.75) is 32.0 Å². The number of aryl methyl sites for hydroxylation is 1. The molecule has 5 nitrogen and oxygen atoms in total. The fourth-order valence-corrected chi connectivity index (χ4v) is 3.39. The first-order chi connectivity index (χ1) is 13.3. The van der Waals surface area contributed by atoms with Crippen molar-refractivity contribution < 1.29 is 18.7 Å². The van der Waals surface area contributed by atoms with E-state index in [4.69, 9.17) is 5.26 Å². The van der Waals surface area contributed by atoms with Gasteiger partial charge in [-0.05, 0) is 55.7 Å². The van der Waals surface area contributed by atoms with E-state index in [-0.39, 0.29) is 23.5 Å². The van der Waals surface area contributed by atoms with Crippen LogP contribution >= 0.6 is 0 Å². The maximum absolute atomic E-state index is 13.7. The summed E-state index contributed by atoms with van der Waals surface area (Å²) in [4.78, 5) is 14.4. The summed E-state index contributed by atoms with van der Waals surface area (Å²) in [6.45, 7) is 1.14. The Morgan fingerprint density at radius 1 is 1.36 bits per heavy atom. The van der Waals surface area contributed by atoms with Crippen molar-refractivity contribution in [3.05, 3.63) is 58.9 Å². The Hall–Kier alpha value is -2.98. The lowest BCUT2D eigenvalue weighted by Gasteiger charge is -2.36. The first kappa shape index (κ1) is 19.8. The van der Waals surface area contributed by atoms with E-state index < -0.39 is 18.2 Å². The van der Waals surface area contributed by atoms with Gasteiger partial charge in [0.2, 0.25) is 0 Å². The smallest absolute Gasteiger partial charge is 0.257 e. The normalized spacial score (nSPS) is 15.3. The van der Waals surface area contributed by atoms with Gasteiger partial charge in [0.15, 0.2) is 5.60 Å². The molecule has 1 heterocycles. The van der Waals surface area contributed by atoms with Crippen molar-refractivity contribution in [2.24, 2.45) is 0 Å². The highest BCUT2D eigenvalue weighted by atomic mass is 19.1. The number of carbonyl (C=O) groups is 1. The predicted molar refractivity (Wildman–Crippen MR) is 102 cm³/mol. The van der Waals surface area contributed by atoms with Gasteiger partial charge in [-0.15, -0.1) is 0 Å². The Morgan fingerprint density at radius 2 is 2.14 bits per heavy atom. The topological polar surface area (TPSA) is 76.4 Å². The summed E-state index contributed by atoms with van der Waals surface area (Å²) in [5, 5.41) is 22.3. The molecule has 1 aliphatic heterocycles. The lowest BCUT2D eigenvalue weighted by molar-refractivity contribution is -0.131. The Kier molecular flexibility index (Phi) is 5.61. The largest absolute Gasteiger partial charge is 0.378 e. The monoisotopic (exact) mass is 385 g/mol. The van der Waals surface area contributed by atoms with Gasteiger partial charge in [0.1, 0.15) is 12.5 Å². The zero-order chi connectivity index (χ0) is 20.3. The van der Waals surface area contributed by atoms with Gasteiger partial charge in [0.25, 0.3) is 5.91 Å². The fraction of sp³-hybridized carbons (Fsp3) is 0.333. The highest BCUT2D eigenvalue weighted by molar-refractivity contribution is 5.97. The summed E-state index contributed by atoms with van der Waals surface area (Å²) in [6, 6.07) is 10.7. The molecule has 2 aromatic carbocycles. The summed E-state index contributed by atoms with van der Waals surface area (Å²) >= 11 is 0. The minimum Gasteiger partial charge on any atom is -0.378 e. The number of nitrogens with zero attached hydrogens (tertiary/aromatic N) is 2. The summed E-state index contributed by atoms with van der Waals surface area (Å²) in [6.07, 6.45) is 1.66. The van der Waals surface area contributed by atoms with Crippen LogP contribution in [0.25, 0.3) is 0 Å². The van der Waals surface area contributed by atoms with Crippen LogP contribution in [0.1, 0.15) is 30.0 Å². The Labute approximate surface area is 162 Å². The molecule has 2 N–H and O–H groups in total. The molecule has 0 saturated carbocycles. The zero-order valence-electron chi connectivity index (χ0n) is 15.5. The van der Waals surface area contributed by atoms with Gasteiger partial charge in [-0.1, -0.05) is 6.07 Å². The molecule has 0 bridgehead atoms. The number of rotatable bonds is 5. The van der Waals surface area contributed by atoms with Crippen molar-refractivity contribution in [3.63, 3.8) is 0 Å². The molecule has 1 amide bonds. The second kappa shape index (κ2) is 7.95. The lowest BCUT2D eigenvalue weighted by Crippen LogP contribution is -2.50. The number of fused-ring (bicyclic) bond motifs is 1. The van der Waals surface area contributed by atoms with Crippen molar-refractivity contribution in [3.8, 4) is 6.07 Å². The predicted octanol–water partition coefficient (Wildman–Crippen LogP) is 3.31. The first-order valence-corrected chi connectivity index (χ1v) is 9.00. The molecule has 0 fully saturated rings. The third-order valence-corrected chi connectivity index (χ3v) is 4.88. The number of hydrogen-bond donors (Lipinski definition) is 2. The number of amides is 1. The Balaban J connectivity index is 1.76. The SMILES string of the molecule is C[C@](O)(CN1CCCc2ccc(F)cc21)C(=O)Nc1ccc(C#N)c(CF)c1. The number of anilines is 2. The summed E-state index contributed by atoms with van der Waals surface area (Å²) in [5.74, 6) is -1.03. The molecular formula is C21H21F2N3O2. The highest BCUT2D eigenvalue weighted by Gasteiger charge is 2.34. The molecule has 3 rings (SSSR count). The molecule has 0 radical (unpaired) electrons. The van der Waals surface area contributed by atoms with Crippen LogP contribution in [0.15, 0.2) is 36.4 Å². The Morgan fingerprint density at radius 3 is 2.86 bits per heavy atom. The van der Waals surface area contributed by atoms with E-state index in [1.165, 1.54) is 37.3 Å². The second-order valence-corrected chi connectivity index (χ2v) is 7.14. The average molecular weight is 385 g/mol. The molecule has 0 spiro atoms. The molecule has 28 heavy (non-hydrogen) atoms. The lowest BCUT2D eigenvalue weighted by atomic mass is 9.98. The highest BCUT2D eigenvalue weighted by Crippen LogP contribution is 2.29. The number of halogens is 2. The molecule has 2 aromatic rings. The van der Waals surface area contributed by atoms with Gasteiger partial charge >= 0.3 is 0 Å². The minimum absolute atomic E-state index is 0.0124. The maximum atomic E-state index is 13.7. The third kappa shape index (κ3) is 4.12. The number of nitrogens with one attached hydrogen (secondary N) is 1. The molecule has 0 saturated heterocycles. The third-order valence-electron chi connectivity index (χ3n) is 4.88. The summed E-state index contributed by atoms with van der Waals surface area (Å²) in [7, 11) is 0. The van der Waals surface area contributed by atoms with Crippen LogP contribution in [0.4, 0.5) is 20.2 Å². The van der Waals surface area contributed by atoms with Crippen molar-refractivity contribution in [2.75, 3.05) is 23.3 Å². The van der Waals surface area contributed by atoms with Gasteiger partial charge in [0.05, 0.1) is 18.2 Å². The molecule has 0 aliphatic carbocycles. The number of hydrogen-bond acceptors (Lipinski definition) is 4.